The first-order chi connectivity index (χ1) is 9.77. The van der Waals surface area contributed by atoms with E-state index in [1.54, 1.807) is 17.9 Å². The zero-order chi connectivity index (χ0) is 16.2. The molecular weight excluding hydrogens is 268 g/mol. The molecule has 21 heavy (non-hydrogen) atoms. The highest BCUT2D eigenvalue weighted by Crippen LogP contribution is 2.23. The summed E-state index contributed by atoms with van der Waals surface area (Å²) in [6.07, 6.45) is 0.851. The standard InChI is InChI=1S/C16H24N2O3/c1-6-7-18(10(2)3)16(21)17-14-12(5)8-11(4)9-13(14)15(19)20/h8-10H,6-7H2,1-5H3,(H,17,21)(H,19,20). The van der Waals surface area contributed by atoms with Gasteiger partial charge in [0.1, 0.15) is 0 Å². The van der Waals surface area contributed by atoms with Crippen molar-refractivity contribution in [2.75, 3.05) is 11.9 Å². The molecule has 0 bridgehead atoms. The number of urea groups is 1. The largest absolute Gasteiger partial charge is 0.478 e. The summed E-state index contributed by atoms with van der Waals surface area (Å²) in [5.74, 6) is -1.04. The number of nitrogens with zero attached hydrogens (tertiary/aromatic N) is 1. The number of carbonyl (C=O) groups is 2. The van der Waals surface area contributed by atoms with Crippen molar-refractivity contribution in [3.05, 3.63) is 28.8 Å². The van der Waals surface area contributed by atoms with Crippen molar-refractivity contribution in [2.45, 2.75) is 47.1 Å². The van der Waals surface area contributed by atoms with Crippen LogP contribution < -0.4 is 5.32 Å². The summed E-state index contributed by atoms with van der Waals surface area (Å²) in [4.78, 5) is 25.4. The lowest BCUT2D eigenvalue weighted by atomic mass is 10.0. The summed E-state index contributed by atoms with van der Waals surface area (Å²) in [5.41, 5.74) is 2.11. The first-order valence-electron chi connectivity index (χ1n) is 7.20. The number of hydrogen-bond acceptors (Lipinski definition) is 2. The van der Waals surface area contributed by atoms with E-state index in [9.17, 15) is 14.7 Å². The summed E-state index contributed by atoms with van der Waals surface area (Å²) >= 11 is 0. The molecule has 1 aromatic rings. The topological polar surface area (TPSA) is 69.6 Å². The fourth-order valence-electron chi connectivity index (χ4n) is 2.32. The third-order valence-corrected chi connectivity index (χ3v) is 3.29. The molecule has 0 aliphatic heterocycles. The zero-order valence-corrected chi connectivity index (χ0v) is 13.4. The third-order valence-electron chi connectivity index (χ3n) is 3.29. The highest BCUT2D eigenvalue weighted by atomic mass is 16.4. The molecule has 1 aromatic carbocycles. The number of benzene rings is 1. The lowest BCUT2D eigenvalue weighted by molar-refractivity contribution is 0.0698. The number of rotatable bonds is 5. The summed E-state index contributed by atoms with van der Waals surface area (Å²) in [5, 5.41) is 12.1. The number of aromatic carboxylic acids is 1. The van der Waals surface area contributed by atoms with Gasteiger partial charge in [0.15, 0.2) is 0 Å². The molecule has 2 N–H and O–H groups in total. The number of anilines is 1. The van der Waals surface area contributed by atoms with Crippen molar-refractivity contribution in [3.8, 4) is 0 Å². The van der Waals surface area contributed by atoms with E-state index in [1.165, 1.54) is 0 Å². The molecule has 1 rings (SSSR count). The van der Waals surface area contributed by atoms with Crippen molar-refractivity contribution in [1.29, 1.82) is 0 Å². The van der Waals surface area contributed by atoms with Crippen molar-refractivity contribution >= 4 is 17.7 Å². The lowest BCUT2D eigenvalue weighted by Gasteiger charge is -2.27. The molecule has 0 aliphatic carbocycles. The van der Waals surface area contributed by atoms with Gasteiger partial charge in [-0.2, -0.15) is 0 Å². The number of hydrogen-bond donors (Lipinski definition) is 2. The molecule has 0 aromatic heterocycles. The second-order valence-electron chi connectivity index (χ2n) is 5.53. The predicted octanol–water partition coefficient (Wildman–Crippen LogP) is 3.65. The van der Waals surface area contributed by atoms with Crippen LogP contribution >= 0.6 is 0 Å². The first kappa shape index (κ1) is 17.0. The normalized spacial score (nSPS) is 10.6. The summed E-state index contributed by atoms with van der Waals surface area (Å²) < 4.78 is 0. The van der Waals surface area contributed by atoms with Gasteiger partial charge in [-0.1, -0.05) is 13.0 Å². The molecule has 0 atom stereocenters. The fourth-order valence-corrected chi connectivity index (χ4v) is 2.32. The number of nitrogens with one attached hydrogen (secondary N) is 1. The fraction of sp³-hybridized carbons (Fsp3) is 0.500. The molecular formula is C16H24N2O3. The van der Waals surface area contributed by atoms with Crippen LogP contribution in [0.25, 0.3) is 0 Å². The number of carboxylic acid groups (broad SMARTS) is 1. The molecule has 5 nitrogen and oxygen atoms in total. The Bertz CT molecular complexity index is 539. The van der Waals surface area contributed by atoms with Gasteiger partial charge >= 0.3 is 12.0 Å². The van der Waals surface area contributed by atoms with Gasteiger partial charge in [0.2, 0.25) is 0 Å². The van der Waals surface area contributed by atoms with E-state index in [0.717, 1.165) is 17.5 Å². The number of amides is 2. The molecule has 0 saturated carbocycles. The Kier molecular flexibility index (Phi) is 5.76. The number of carbonyl (C=O) groups excluding carboxylic acids is 1. The van der Waals surface area contributed by atoms with Gasteiger partial charge in [-0.05, 0) is 51.3 Å². The van der Waals surface area contributed by atoms with Crippen LogP contribution in [0.4, 0.5) is 10.5 Å². The van der Waals surface area contributed by atoms with Crippen LogP contribution in [0.2, 0.25) is 0 Å². The van der Waals surface area contributed by atoms with Crippen LogP contribution in [-0.4, -0.2) is 34.6 Å². The quantitative estimate of drug-likeness (QED) is 0.870. The molecule has 0 fully saturated rings. The van der Waals surface area contributed by atoms with Crippen molar-refractivity contribution in [2.24, 2.45) is 0 Å². The van der Waals surface area contributed by atoms with Crippen LogP contribution in [0.1, 0.15) is 48.7 Å². The predicted molar refractivity (Wildman–Crippen MR) is 84.0 cm³/mol. The van der Waals surface area contributed by atoms with E-state index in [-0.39, 0.29) is 17.6 Å². The minimum atomic E-state index is -1.04. The maximum Gasteiger partial charge on any atom is 0.337 e. The van der Waals surface area contributed by atoms with Crippen LogP contribution in [0, 0.1) is 13.8 Å². The Morgan fingerprint density at radius 3 is 2.38 bits per heavy atom. The van der Waals surface area contributed by atoms with E-state index in [0.29, 0.717) is 12.2 Å². The molecule has 2 amide bonds. The maximum absolute atomic E-state index is 12.4. The molecule has 0 heterocycles. The van der Waals surface area contributed by atoms with Crippen LogP contribution in [-0.2, 0) is 0 Å². The summed E-state index contributed by atoms with van der Waals surface area (Å²) in [7, 11) is 0. The molecule has 0 spiro atoms. The SMILES string of the molecule is CCCN(C(=O)Nc1c(C)cc(C)cc1C(=O)O)C(C)C. The number of carboxylic acids is 1. The van der Waals surface area contributed by atoms with Crippen molar-refractivity contribution in [3.63, 3.8) is 0 Å². The van der Waals surface area contributed by atoms with Gasteiger partial charge in [-0.15, -0.1) is 0 Å². The van der Waals surface area contributed by atoms with E-state index in [4.69, 9.17) is 0 Å². The van der Waals surface area contributed by atoms with Gasteiger partial charge in [0.25, 0.3) is 0 Å². The summed E-state index contributed by atoms with van der Waals surface area (Å²) in [6.45, 7) is 10.2. The zero-order valence-electron chi connectivity index (χ0n) is 13.4. The maximum atomic E-state index is 12.4. The smallest absolute Gasteiger partial charge is 0.337 e. The van der Waals surface area contributed by atoms with Crippen LogP contribution in [0.3, 0.4) is 0 Å². The van der Waals surface area contributed by atoms with Gasteiger partial charge in [0, 0.05) is 12.6 Å². The highest BCUT2D eigenvalue weighted by Gasteiger charge is 2.20. The second kappa shape index (κ2) is 7.11. The Labute approximate surface area is 126 Å². The molecule has 0 aliphatic rings. The van der Waals surface area contributed by atoms with Gasteiger partial charge < -0.3 is 15.3 Å². The first-order valence-corrected chi connectivity index (χ1v) is 7.20. The van der Waals surface area contributed by atoms with Gasteiger partial charge in [0.05, 0.1) is 11.3 Å². The highest BCUT2D eigenvalue weighted by molar-refractivity contribution is 6.01. The number of aryl methyl sites for hydroxylation is 2. The molecule has 116 valence electrons. The van der Waals surface area contributed by atoms with Crippen molar-refractivity contribution < 1.29 is 14.7 Å². The van der Waals surface area contributed by atoms with E-state index >= 15 is 0 Å². The second-order valence-corrected chi connectivity index (χ2v) is 5.53. The third kappa shape index (κ3) is 4.21. The van der Waals surface area contributed by atoms with Crippen LogP contribution in [0.5, 0.6) is 0 Å². The monoisotopic (exact) mass is 292 g/mol. The average Bonchev–Trinajstić information content (AvgIpc) is 2.37. The summed E-state index contributed by atoms with van der Waals surface area (Å²) in [6, 6.07) is 3.23. The minimum absolute atomic E-state index is 0.0592. The Morgan fingerprint density at radius 2 is 1.90 bits per heavy atom. The molecule has 0 saturated heterocycles. The van der Waals surface area contributed by atoms with Gasteiger partial charge in [-0.3, -0.25) is 0 Å². The minimum Gasteiger partial charge on any atom is -0.478 e. The Morgan fingerprint density at radius 1 is 1.29 bits per heavy atom. The van der Waals surface area contributed by atoms with Crippen LogP contribution in [0.15, 0.2) is 12.1 Å². The van der Waals surface area contributed by atoms with Crippen molar-refractivity contribution in [1.82, 2.24) is 4.90 Å². The van der Waals surface area contributed by atoms with E-state index in [2.05, 4.69) is 5.32 Å². The molecule has 0 radical (unpaired) electrons. The Balaban J connectivity index is 3.12. The molecule has 0 unspecified atom stereocenters. The lowest BCUT2D eigenvalue weighted by Crippen LogP contribution is -2.40. The van der Waals surface area contributed by atoms with E-state index < -0.39 is 5.97 Å². The van der Waals surface area contributed by atoms with Gasteiger partial charge in [-0.25, -0.2) is 9.59 Å². The Hall–Kier alpha value is -2.04. The molecule has 5 heteroatoms. The average molecular weight is 292 g/mol. The van der Waals surface area contributed by atoms with E-state index in [1.807, 2.05) is 33.8 Å².